The van der Waals surface area contributed by atoms with Gasteiger partial charge in [-0.15, -0.1) is 0 Å². The Labute approximate surface area is 120 Å². The van der Waals surface area contributed by atoms with Crippen molar-refractivity contribution in [1.29, 1.82) is 0 Å². The van der Waals surface area contributed by atoms with Crippen molar-refractivity contribution in [1.82, 2.24) is 9.55 Å². The maximum atomic E-state index is 6.24. The van der Waals surface area contributed by atoms with Crippen molar-refractivity contribution >= 4 is 17.0 Å². The molecule has 0 spiro atoms. The molecule has 3 heteroatoms. The molecule has 1 heterocycles. The SMILES string of the molecule is Cc1cccc2c1nc(N)n2C(C)C1CC2CCC1C2. The van der Waals surface area contributed by atoms with Crippen molar-refractivity contribution < 1.29 is 0 Å². The summed E-state index contributed by atoms with van der Waals surface area (Å²) in [6.45, 7) is 4.45. The number of para-hydroxylation sites is 1. The lowest BCUT2D eigenvalue weighted by Crippen LogP contribution is -2.23. The minimum Gasteiger partial charge on any atom is -0.369 e. The minimum absolute atomic E-state index is 0.470. The van der Waals surface area contributed by atoms with E-state index in [0.717, 1.165) is 23.3 Å². The Hall–Kier alpha value is -1.51. The number of nitrogen functional groups attached to an aromatic ring is 1. The summed E-state index contributed by atoms with van der Waals surface area (Å²) in [7, 11) is 0. The number of nitrogens with two attached hydrogens (primary N) is 1. The van der Waals surface area contributed by atoms with Gasteiger partial charge in [0.1, 0.15) is 0 Å². The van der Waals surface area contributed by atoms with Gasteiger partial charge in [0.15, 0.2) is 0 Å². The maximum absolute atomic E-state index is 6.24. The van der Waals surface area contributed by atoms with Gasteiger partial charge in [0.25, 0.3) is 0 Å². The molecule has 2 aromatic rings. The van der Waals surface area contributed by atoms with E-state index in [4.69, 9.17) is 5.73 Å². The number of aryl methyl sites for hydroxylation is 1. The van der Waals surface area contributed by atoms with Gasteiger partial charge in [-0.05, 0) is 62.5 Å². The molecule has 4 rings (SSSR count). The fourth-order valence-corrected chi connectivity index (χ4v) is 4.78. The lowest BCUT2D eigenvalue weighted by molar-refractivity contribution is 0.248. The number of nitrogens with zero attached hydrogens (tertiary/aromatic N) is 2. The lowest BCUT2D eigenvalue weighted by Gasteiger charge is -2.29. The van der Waals surface area contributed by atoms with E-state index in [0.29, 0.717) is 12.0 Å². The molecule has 106 valence electrons. The van der Waals surface area contributed by atoms with Gasteiger partial charge in [0, 0.05) is 6.04 Å². The molecular formula is C17H23N3. The van der Waals surface area contributed by atoms with Gasteiger partial charge >= 0.3 is 0 Å². The number of imidazole rings is 1. The Bertz CT molecular complexity index is 658. The lowest BCUT2D eigenvalue weighted by atomic mass is 9.84. The summed E-state index contributed by atoms with van der Waals surface area (Å²) >= 11 is 0. The molecule has 1 aromatic heterocycles. The van der Waals surface area contributed by atoms with Gasteiger partial charge in [-0.1, -0.05) is 18.6 Å². The third-order valence-corrected chi connectivity index (χ3v) is 5.77. The molecule has 2 fully saturated rings. The number of rotatable bonds is 2. The van der Waals surface area contributed by atoms with E-state index in [1.54, 1.807) is 0 Å². The van der Waals surface area contributed by atoms with Gasteiger partial charge in [-0.3, -0.25) is 0 Å². The fraction of sp³-hybridized carbons (Fsp3) is 0.588. The number of aromatic nitrogens is 2. The van der Waals surface area contributed by atoms with Gasteiger partial charge in [-0.25, -0.2) is 4.98 Å². The zero-order chi connectivity index (χ0) is 13.9. The summed E-state index contributed by atoms with van der Waals surface area (Å²) in [5.41, 5.74) is 9.73. The van der Waals surface area contributed by atoms with Crippen molar-refractivity contribution in [2.75, 3.05) is 5.73 Å². The molecular weight excluding hydrogens is 246 g/mol. The average Bonchev–Trinajstić information content (AvgIpc) is 3.11. The molecule has 2 aliphatic rings. The van der Waals surface area contributed by atoms with Gasteiger partial charge < -0.3 is 10.3 Å². The maximum Gasteiger partial charge on any atom is 0.201 e. The zero-order valence-electron chi connectivity index (χ0n) is 12.3. The van der Waals surface area contributed by atoms with Crippen LogP contribution in [0.4, 0.5) is 5.95 Å². The van der Waals surface area contributed by atoms with Crippen LogP contribution in [0.5, 0.6) is 0 Å². The Morgan fingerprint density at radius 2 is 2.15 bits per heavy atom. The molecule has 4 atom stereocenters. The molecule has 1 aromatic carbocycles. The number of benzene rings is 1. The first-order valence-electron chi connectivity index (χ1n) is 7.88. The van der Waals surface area contributed by atoms with Crippen LogP contribution in [-0.2, 0) is 0 Å². The molecule has 3 nitrogen and oxygen atoms in total. The predicted molar refractivity (Wildman–Crippen MR) is 82.5 cm³/mol. The van der Waals surface area contributed by atoms with Crippen LogP contribution in [0.15, 0.2) is 18.2 Å². The second-order valence-corrected chi connectivity index (χ2v) is 6.86. The number of hydrogen-bond acceptors (Lipinski definition) is 2. The first-order chi connectivity index (χ1) is 9.65. The third kappa shape index (κ3) is 1.62. The second-order valence-electron chi connectivity index (χ2n) is 6.86. The van der Waals surface area contributed by atoms with Crippen LogP contribution in [0.3, 0.4) is 0 Å². The molecule has 2 bridgehead atoms. The summed E-state index contributed by atoms with van der Waals surface area (Å²) in [5, 5.41) is 0. The minimum atomic E-state index is 0.470. The largest absolute Gasteiger partial charge is 0.369 e. The van der Waals surface area contributed by atoms with E-state index in [1.807, 2.05) is 0 Å². The quantitative estimate of drug-likeness (QED) is 0.898. The van der Waals surface area contributed by atoms with Crippen LogP contribution < -0.4 is 5.73 Å². The van der Waals surface area contributed by atoms with E-state index in [-0.39, 0.29) is 0 Å². The Morgan fingerprint density at radius 3 is 2.85 bits per heavy atom. The number of hydrogen-bond donors (Lipinski definition) is 1. The van der Waals surface area contributed by atoms with Crippen molar-refractivity contribution in [2.45, 2.75) is 45.6 Å². The van der Waals surface area contributed by atoms with E-state index in [1.165, 1.54) is 36.8 Å². The smallest absolute Gasteiger partial charge is 0.201 e. The Kier molecular flexibility index (Phi) is 2.60. The van der Waals surface area contributed by atoms with Crippen LogP contribution in [0.25, 0.3) is 11.0 Å². The van der Waals surface area contributed by atoms with E-state index >= 15 is 0 Å². The van der Waals surface area contributed by atoms with Gasteiger partial charge in [-0.2, -0.15) is 0 Å². The first-order valence-corrected chi connectivity index (χ1v) is 7.88. The summed E-state index contributed by atoms with van der Waals surface area (Å²) in [4.78, 5) is 4.61. The summed E-state index contributed by atoms with van der Waals surface area (Å²) < 4.78 is 2.29. The molecule has 2 saturated carbocycles. The summed E-state index contributed by atoms with van der Waals surface area (Å²) in [6, 6.07) is 6.86. The Morgan fingerprint density at radius 1 is 1.30 bits per heavy atom. The first kappa shape index (κ1) is 12.2. The topological polar surface area (TPSA) is 43.8 Å². The number of anilines is 1. The van der Waals surface area contributed by atoms with Crippen LogP contribution in [-0.4, -0.2) is 9.55 Å². The highest BCUT2D eigenvalue weighted by Crippen LogP contribution is 2.52. The summed E-state index contributed by atoms with van der Waals surface area (Å²) in [6.07, 6.45) is 5.70. The van der Waals surface area contributed by atoms with E-state index < -0.39 is 0 Å². The monoisotopic (exact) mass is 269 g/mol. The second kappa shape index (κ2) is 4.24. The van der Waals surface area contributed by atoms with Crippen LogP contribution >= 0.6 is 0 Å². The third-order valence-electron chi connectivity index (χ3n) is 5.77. The van der Waals surface area contributed by atoms with Gasteiger partial charge in [0.2, 0.25) is 5.95 Å². The highest BCUT2D eigenvalue weighted by molar-refractivity contribution is 5.81. The standard InChI is InChI=1S/C17H23N3/c1-10-4-3-5-15-16(10)19-17(18)20(15)11(2)14-9-12-6-7-13(14)8-12/h3-5,11-14H,6-9H2,1-2H3,(H2,18,19). The Balaban J connectivity index is 1.78. The molecule has 2 N–H and O–H groups in total. The van der Waals surface area contributed by atoms with Crippen molar-refractivity contribution in [3.8, 4) is 0 Å². The van der Waals surface area contributed by atoms with E-state index in [9.17, 15) is 0 Å². The molecule has 20 heavy (non-hydrogen) atoms. The van der Waals surface area contributed by atoms with Crippen LogP contribution in [0, 0.1) is 24.7 Å². The molecule has 2 aliphatic carbocycles. The normalized spacial score (nSPS) is 30.2. The van der Waals surface area contributed by atoms with Crippen LogP contribution in [0.1, 0.15) is 44.2 Å². The molecule has 0 radical (unpaired) electrons. The van der Waals surface area contributed by atoms with Crippen molar-refractivity contribution in [2.24, 2.45) is 17.8 Å². The number of fused-ring (bicyclic) bond motifs is 3. The highest BCUT2D eigenvalue weighted by Gasteiger charge is 2.42. The van der Waals surface area contributed by atoms with Crippen LogP contribution in [0.2, 0.25) is 0 Å². The van der Waals surface area contributed by atoms with Gasteiger partial charge in [0.05, 0.1) is 11.0 Å². The average molecular weight is 269 g/mol. The molecule has 4 unspecified atom stereocenters. The van der Waals surface area contributed by atoms with E-state index in [2.05, 4.69) is 41.6 Å². The van der Waals surface area contributed by atoms with Crippen molar-refractivity contribution in [3.05, 3.63) is 23.8 Å². The molecule has 0 amide bonds. The fourth-order valence-electron chi connectivity index (χ4n) is 4.78. The molecule has 0 aliphatic heterocycles. The summed E-state index contributed by atoms with van der Waals surface area (Å²) in [5.74, 6) is 3.36. The predicted octanol–water partition coefficient (Wildman–Crippen LogP) is 3.92. The van der Waals surface area contributed by atoms with Crippen molar-refractivity contribution in [3.63, 3.8) is 0 Å². The zero-order valence-corrected chi connectivity index (χ0v) is 12.3. The highest BCUT2D eigenvalue weighted by atomic mass is 15.2. The molecule has 0 saturated heterocycles.